The number of hydrogen-bond donors (Lipinski definition) is 0. The Balaban J connectivity index is 0.000000252. The molecule has 261 valence electrons. The van der Waals surface area contributed by atoms with Gasteiger partial charge in [-0.05, 0) is 58.2 Å². The van der Waals surface area contributed by atoms with E-state index >= 15 is 0 Å². The molecule has 2 aromatic heterocycles. The van der Waals surface area contributed by atoms with Gasteiger partial charge >= 0.3 is 0 Å². The molecule has 0 amide bonds. The van der Waals surface area contributed by atoms with Gasteiger partial charge in [-0.1, -0.05) is 104 Å². The molecule has 0 saturated carbocycles. The standard InChI is InChI=1S/C33H19N2.C15H16N.B.Ir.Y/c1-2-12-28(13-3-1)35-32-16-7-6-15-31(32)34-33(35)27-11-8-10-24(22-27)25-19-20-30-26(21-25)18-17-23-9-4-5-14-29(23)30;1-15(2,3)13-9-10-16-14(11-13)12-7-5-4-6-8-12;;;/h1-10,12-18,20-21H;4-7,9-11H,1-3H3;;;/q-3;-1;;;. The molecule has 0 aliphatic rings. The minimum absolute atomic E-state index is 0. The second-order valence-corrected chi connectivity index (χ2v) is 13.6. The van der Waals surface area contributed by atoms with E-state index in [1.54, 1.807) is 0 Å². The molecule has 9 rings (SSSR count). The molecule has 5 radical (unpaired) electrons. The van der Waals surface area contributed by atoms with Gasteiger partial charge in [0.2, 0.25) is 0 Å². The Labute approximate surface area is 358 Å². The fourth-order valence-electron chi connectivity index (χ4n) is 6.43. The Hall–Kier alpha value is -4.50. The number of pyridine rings is 1. The van der Waals surface area contributed by atoms with Crippen LogP contribution in [0.3, 0.4) is 0 Å². The molecule has 0 N–H and O–H groups in total. The van der Waals surface area contributed by atoms with Crippen LogP contribution in [0.5, 0.6) is 0 Å². The van der Waals surface area contributed by atoms with Crippen LogP contribution < -0.4 is 0 Å². The van der Waals surface area contributed by atoms with Crippen LogP contribution in [0, 0.1) is 24.3 Å². The van der Waals surface area contributed by atoms with Gasteiger partial charge in [0, 0.05) is 73.1 Å². The topological polar surface area (TPSA) is 30.7 Å². The predicted molar refractivity (Wildman–Crippen MR) is 216 cm³/mol. The van der Waals surface area contributed by atoms with E-state index in [-0.39, 0.29) is 66.6 Å². The summed E-state index contributed by atoms with van der Waals surface area (Å²) < 4.78 is 2.18. The molecule has 0 aliphatic heterocycles. The minimum atomic E-state index is 0. The Morgan fingerprint density at radius 1 is 0.611 bits per heavy atom. The molecule has 0 unspecified atom stereocenters. The molecule has 0 bridgehead atoms. The fourth-order valence-corrected chi connectivity index (χ4v) is 6.43. The molecule has 0 fully saturated rings. The van der Waals surface area contributed by atoms with Gasteiger partial charge in [-0.2, -0.15) is 5.56 Å². The first kappa shape index (κ1) is 40.7. The van der Waals surface area contributed by atoms with Gasteiger partial charge in [0.15, 0.2) is 0 Å². The first-order valence-corrected chi connectivity index (χ1v) is 17.2. The number of nitrogens with zero attached hydrogens (tertiary/aromatic N) is 3. The molecule has 54 heavy (non-hydrogen) atoms. The molecular formula is C48H35BIrN3Y-4. The van der Waals surface area contributed by atoms with Crippen LogP contribution in [-0.4, -0.2) is 22.9 Å². The number of para-hydroxylation sites is 3. The number of benzene rings is 7. The molecule has 3 nitrogen and oxygen atoms in total. The average Bonchev–Trinajstić information content (AvgIpc) is 3.58. The van der Waals surface area contributed by atoms with E-state index in [4.69, 9.17) is 4.98 Å². The smallest absolute Gasteiger partial charge is 0.0668 e. The molecule has 7 aromatic carbocycles. The van der Waals surface area contributed by atoms with Crippen molar-refractivity contribution >= 4 is 41.0 Å². The second kappa shape index (κ2) is 17.8. The molecule has 0 aliphatic carbocycles. The van der Waals surface area contributed by atoms with Crippen molar-refractivity contribution in [2.45, 2.75) is 26.2 Å². The zero-order chi connectivity index (χ0) is 34.8. The van der Waals surface area contributed by atoms with E-state index in [9.17, 15) is 0 Å². The Morgan fingerprint density at radius 2 is 1.35 bits per heavy atom. The zero-order valence-electron chi connectivity index (χ0n) is 30.3. The Kier molecular flexibility index (Phi) is 13.4. The predicted octanol–water partition coefficient (Wildman–Crippen LogP) is 11.5. The van der Waals surface area contributed by atoms with Crippen LogP contribution in [0.25, 0.3) is 72.0 Å². The van der Waals surface area contributed by atoms with E-state index in [2.05, 4.69) is 133 Å². The third-order valence-corrected chi connectivity index (χ3v) is 9.11. The van der Waals surface area contributed by atoms with Gasteiger partial charge < -0.3 is 20.6 Å². The monoisotopic (exact) mass is 946 g/mol. The van der Waals surface area contributed by atoms with Crippen molar-refractivity contribution in [3.05, 3.63) is 188 Å². The van der Waals surface area contributed by atoms with Gasteiger partial charge in [-0.15, -0.1) is 59.5 Å². The molecular weight excluding hydrogens is 910 g/mol. The minimum Gasteiger partial charge on any atom is -0.374 e. The van der Waals surface area contributed by atoms with E-state index in [1.165, 1.54) is 27.1 Å². The summed E-state index contributed by atoms with van der Waals surface area (Å²) in [6.45, 7) is 6.63. The molecule has 0 spiro atoms. The SMILES string of the molecule is CC(C)(C)c1ccnc(-c2[c-]cccc2)c1.[B].[Ir].[Y].[c-]1ccc(-c2[c-]cc3c(ccc4ccccc43)c2)[c-]c1-c1nc2ccccc2n1-c1ccccc1. The normalized spacial score (nSPS) is 10.8. The van der Waals surface area contributed by atoms with Crippen LogP contribution in [-0.2, 0) is 58.2 Å². The summed E-state index contributed by atoms with van der Waals surface area (Å²) >= 11 is 0. The van der Waals surface area contributed by atoms with Crippen LogP contribution >= 0.6 is 0 Å². The van der Waals surface area contributed by atoms with Gasteiger partial charge in [-0.25, -0.2) is 6.07 Å². The molecule has 6 heteroatoms. The van der Waals surface area contributed by atoms with Crippen LogP contribution in [0.4, 0.5) is 0 Å². The summed E-state index contributed by atoms with van der Waals surface area (Å²) in [6.07, 6.45) is 1.87. The molecule has 0 saturated heterocycles. The van der Waals surface area contributed by atoms with Crippen molar-refractivity contribution in [2.24, 2.45) is 0 Å². The third kappa shape index (κ3) is 8.57. The Bertz CT molecular complexity index is 2630. The summed E-state index contributed by atoms with van der Waals surface area (Å²) in [4.78, 5) is 9.36. The maximum Gasteiger partial charge on any atom is 0.0668 e. The van der Waals surface area contributed by atoms with Crippen molar-refractivity contribution in [1.82, 2.24) is 14.5 Å². The summed E-state index contributed by atoms with van der Waals surface area (Å²) in [5.41, 5.74) is 9.38. The van der Waals surface area contributed by atoms with Gasteiger partial charge in [0.05, 0.1) is 11.0 Å². The van der Waals surface area contributed by atoms with Crippen LogP contribution in [0.1, 0.15) is 26.3 Å². The summed E-state index contributed by atoms with van der Waals surface area (Å²) in [5, 5.41) is 4.89. The van der Waals surface area contributed by atoms with Crippen molar-refractivity contribution in [3.8, 4) is 39.5 Å². The number of hydrogen-bond acceptors (Lipinski definition) is 2. The number of fused-ring (bicyclic) bond motifs is 4. The third-order valence-electron chi connectivity index (χ3n) is 9.11. The largest absolute Gasteiger partial charge is 0.374 e. The maximum absolute atomic E-state index is 4.97. The molecule has 9 aromatic rings. The Morgan fingerprint density at radius 3 is 2.15 bits per heavy atom. The number of imidazole rings is 1. The van der Waals surface area contributed by atoms with Crippen LogP contribution in [0.2, 0.25) is 0 Å². The summed E-state index contributed by atoms with van der Waals surface area (Å²) in [5.74, 6) is 0.825. The number of rotatable bonds is 4. The van der Waals surface area contributed by atoms with Crippen molar-refractivity contribution in [1.29, 1.82) is 0 Å². The second-order valence-electron chi connectivity index (χ2n) is 13.6. The quantitative estimate of drug-likeness (QED) is 0.1000. The van der Waals surface area contributed by atoms with Crippen molar-refractivity contribution in [3.63, 3.8) is 0 Å². The fraction of sp³-hybridized carbons (Fsp3) is 0.0833. The van der Waals surface area contributed by atoms with E-state index in [0.717, 1.165) is 50.5 Å². The van der Waals surface area contributed by atoms with Gasteiger partial charge in [0.1, 0.15) is 0 Å². The first-order chi connectivity index (χ1) is 24.9. The van der Waals surface area contributed by atoms with Gasteiger partial charge in [-0.3, -0.25) is 23.3 Å². The maximum atomic E-state index is 4.97. The average molecular weight is 946 g/mol. The first-order valence-electron chi connectivity index (χ1n) is 17.2. The van der Waals surface area contributed by atoms with Crippen LogP contribution in [0.15, 0.2) is 158 Å². The molecule has 2 heterocycles. The summed E-state index contributed by atoms with van der Waals surface area (Å²) in [7, 11) is 0. The summed E-state index contributed by atoms with van der Waals surface area (Å²) in [6, 6.07) is 65.5. The van der Waals surface area contributed by atoms with Crippen molar-refractivity contribution in [2.75, 3.05) is 0 Å². The number of aromatic nitrogens is 3. The van der Waals surface area contributed by atoms with E-state index < -0.39 is 0 Å². The molecule has 0 atom stereocenters. The van der Waals surface area contributed by atoms with E-state index in [0.29, 0.717) is 0 Å². The van der Waals surface area contributed by atoms with Crippen molar-refractivity contribution < 1.29 is 52.8 Å². The zero-order valence-corrected chi connectivity index (χ0v) is 35.6. The van der Waals surface area contributed by atoms with E-state index in [1.807, 2.05) is 79.0 Å². The van der Waals surface area contributed by atoms with Gasteiger partial charge in [0.25, 0.3) is 0 Å².